The van der Waals surface area contributed by atoms with Crippen molar-refractivity contribution in [2.24, 2.45) is 11.1 Å². The van der Waals surface area contributed by atoms with Crippen LogP contribution in [0.25, 0.3) is 0 Å². The monoisotopic (exact) mass is 674 g/mol. The lowest BCUT2D eigenvalue weighted by Crippen LogP contribution is -2.45. The number of pyridine rings is 1. The Balaban J connectivity index is 1.08. The van der Waals surface area contributed by atoms with Crippen LogP contribution in [-0.4, -0.2) is 59.7 Å². The van der Waals surface area contributed by atoms with E-state index in [4.69, 9.17) is 17.3 Å². The maximum Gasteiger partial charge on any atom is 0.358 e. The van der Waals surface area contributed by atoms with Crippen LogP contribution >= 0.6 is 23.4 Å². The van der Waals surface area contributed by atoms with E-state index in [-0.39, 0.29) is 33.7 Å². The molecule has 15 heteroatoms. The minimum Gasteiger partial charge on any atom is -0.493 e. The van der Waals surface area contributed by atoms with Crippen LogP contribution in [0.5, 0.6) is 5.88 Å². The van der Waals surface area contributed by atoms with Crippen molar-refractivity contribution in [1.82, 2.24) is 24.5 Å². The van der Waals surface area contributed by atoms with E-state index in [2.05, 4.69) is 25.3 Å². The van der Waals surface area contributed by atoms with Crippen LogP contribution < -0.4 is 21.5 Å². The number of piperidine rings is 1. The molecule has 0 saturated carbocycles. The normalized spacial score (nSPS) is 18.1. The number of fused-ring (bicyclic) bond motifs is 2. The molecule has 1 atom stereocenters. The van der Waals surface area contributed by atoms with E-state index in [9.17, 15) is 24.6 Å². The van der Waals surface area contributed by atoms with E-state index in [1.54, 1.807) is 24.4 Å². The highest BCUT2D eigenvalue weighted by molar-refractivity contribution is 7.99. The second kappa shape index (κ2) is 12.2. The van der Waals surface area contributed by atoms with E-state index >= 15 is 0 Å². The Labute approximate surface area is 278 Å². The number of nitrogens with one attached hydrogen (secondary N) is 1. The van der Waals surface area contributed by atoms with E-state index in [1.807, 2.05) is 17.0 Å². The third-order valence-electron chi connectivity index (χ3n) is 9.35. The smallest absolute Gasteiger partial charge is 0.358 e. The van der Waals surface area contributed by atoms with Crippen molar-refractivity contribution in [3.8, 4) is 5.88 Å². The topological polar surface area (TPSA) is 189 Å². The number of rotatable bonds is 6. The van der Waals surface area contributed by atoms with Gasteiger partial charge in [0.25, 0.3) is 11.5 Å². The van der Waals surface area contributed by atoms with Gasteiger partial charge in [0.05, 0.1) is 16.9 Å². The van der Waals surface area contributed by atoms with Crippen LogP contribution in [0.15, 0.2) is 57.4 Å². The van der Waals surface area contributed by atoms with E-state index in [0.29, 0.717) is 41.8 Å². The molecule has 0 radical (unpaired) electrons. The van der Waals surface area contributed by atoms with Crippen molar-refractivity contribution < 1.29 is 19.8 Å². The molecule has 1 amide bonds. The minimum atomic E-state index is -1.21. The zero-order valence-corrected chi connectivity index (χ0v) is 26.7. The third-order valence-corrected chi connectivity index (χ3v) is 10.8. The summed E-state index contributed by atoms with van der Waals surface area (Å²) in [4.78, 5) is 58.4. The summed E-state index contributed by atoms with van der Waals surface area (Å²) in [7, 11) is 0. The number of carboxylic acids is 1. The molecule has 5 N–H and O–H groups in total. The Morgan fingerprint density at radius 1 is 1.09 bits per heavy atom. The van der Waals surface area contributed by atoms with Gasteiger partial charge in [-0.1, -0.05) is 35.5 Å². The summed E-state index contributed by atoms with van der Waals surface area (Å²) in [5.74, 6) is -1.94. The Bertz CT molecular complexity index is 1980. The summed E-state index contributed by atoms with van der Waals surface area (Å²) >= 11 is 7.74. The fraction of sp³-hybridized carbons (Fsp3) is 0.344. The predicted octanol–water partition coefficient (Wildman–Crippen LogP) is 4.07. The number of benzene rings is 1. The van der Waals surface area contributed by atoms with Gasteiger partial charge in [0.2, 0.25) is 5.88 Å². The van der Waals surface area contributed by atoms with Gasteiger partial charge in [-0.2, -0.15) is 4.98 Å². The van der Waals surface area contributed by atoms with Crippen LogP contribution in [0.1, 0.15) is 69.7 Å². The van der Waals surface area contributed by atoms with Gasteiger partial charge in [-0.05, 0) is 61.3 Å². The molecule has 4 aromatic rings. The van der Waals surface area contributed by atoms with Gasteiger partial charge in [-0.15, -0.1) is 0 Å². The number of amides is 1. The Kier molecular flexibility index (Phi) is 8.10. The highest BCUT2D eigenvalue weighted by atomic mass is 35.5. The Hall–Kier alpha value is -4.53. The molecule has 1 aliphatic carbocycles. The predicted molar refractivity (Wildman–Crippen MR) is 174 cm³/mol. The van der Waals surface area contributed by atoms with Crippen LogP contribution in [0.2, 0.25) is 5.02 Å². The number of aromatic nitrogens is 5. The van der Waals surface area contributed by atoms with Crippen molar-refractivity contribution in [2.45, 2.75) is 61.0 Å². The first-order valence-electron chi connectivity index (χ1n) is 15.3. The maximum absolute atomic E-state index is 13.1. The number of nitrogens with zero attached hydrogens (tertiary/aromatic N) is 6. The van der Waals surface area contributed by atoms with Gasteiger partial charge < -0.3 is 26.2 Å². The second-order valence-electron chi connectivity index (χ2n) is 12.0. The number of carbonyl (C=O) groups excluding carboxylic acids is 1. The molecule has 47 heavy (non-hydrogen) atoms. The van der Waals surface area contributed by atoms with Crippen LogP contribution in [0.3, 0.4) is 0 Å². The second-order valence-corrected chi connectivity index (χ2v) is 13.5. The number of aromatic hydroxyl groups is 1. The molecule has 0 unspecified atom stereocenters. The fourth-order valence-corrected chi connectivity index (χ4v) is 7.94. The highest BCUT2D eigenvalue weighted by Gasteiger charge is 2.47. The average Bonchev–Trinajstić information content (AvgIpc) is 3.33. The summed E-state index contributed by atoms with van der Waals surface area (Å²) in [5.41, 5.74) is 7.61. The molecule has 3 aliphatic rings. The van der Waals surface area contributed by atoms with E-state index in [0.717, 1.165) is 55.1 Å². The zero-order chi connectivity index (χ0) is 32.9. The number of hydrogen-bond donors (Lipinski definition) is 4. The molecule has 0 bridgehead atoms. The van der Waals surface area contributed by atoms with Crippen LogP contribution in [0.4, 0.5) is 11.5 Å². The molecule has 242 valence electrons. The van der Waals surface area contributed by atoms with Gasteiger partial charge in [0, 0.05) is 48.9 Å². The quantitative estimate of drug-likeness (QED) is 0.230. The zero-order valence-electron chi connectivity index (χ0n) is 25.1. The first-order chi connectivity index (χ1) is 22.6. The molecule has 5 heterocycles. The van der Waals surface area contributed by atoms with Crippen LogP contribution in [0, 0.1) is 5.41 Å². The first kappa shape index (κ1) is 31.1. The largest absolute Gasteiger partial charge is 0.493 e. The summed E-state index contributed by atoms with van der Waals surface area (Å²) in [6.45, 7) is 1.58. The Morgan fingerprint density at radius 2 is 1.89 bits per heavy atom. The number of anilines is 2. The molecular formula is C32H31ClN8O5S. The molecule has 13 nitrogen and oxygen atoms in total. The lowest BCUT2D eigenvalue weighted by molar-refractivity contribution is 0.0689. The number of aromatic carboxylic acids is 1. The number of hydrogen-bond acceptors (Lipinski definition) is 11. The summed E-state index contributed by atoms with van der Waals surface area (Å²) in [6, 6.07) is 8.70. The average molecular weight is 675 g/mol. The molecule has 1 saturated heterocycles. The number of halogens is 1. The summed E-state index contributed by atoms with van der Waals surface area (Å²) in [6.07, 6.45) is 7.79. The maximum atomic E-state index is 13.1. The molecule has 3 aromatic heterocycles. The molecule has 1 fully saturated rings. The molecular weight excluding hydrogens is 644 g/mol. The van der Waals surface area contributed by atoms with Gasteiger partial charge in [-0.3, -0.25) is 19.1 Å². The number of aryl methyl sites for hydroxylation is 1. The molecule has 1 spiro atoms. The van der Waals surface area contributed by atoms with E-state index in [1.165, 1.54) is 10.8 Å². The first-order valence-corrected chi connectivity index (χ1v) is 16.5. The fourth-order valence-electron chi connectivity index (χ4n) is 6.84. The molecule has 7 rings (SSSR count). The summed E-state index contributed by atoms with van der Waals surface area (Å²) in [5, 5.41) is 23.5. The van der Waals surface area contributed by atoms with Gasteiger partial charge in [0.15, 0.2) is 17.1 Å². The number of carbonyl (C=O) groups is 2. The van der Waals surface area contributed by atoms with Crippen molar-refractivity contribution >= 4 is 46.7 Å². The van der Waals surface area contributed by atoms with E-state index < -0.39 is 28.9 Å². The highest BCUT2D eigenvalue weighted by Crippen LogP contribution is 2.50. The minimum absolute atomic E-state index is 0.121. The van der Waals surface area contributed by atoms with Gasteiger partial charge >= 0.3 is 5.97 Å². The lowest BCUT2D eigenvalue weighted by atomic mass is 9.73. The molecule has 1 aromatic carbocycles. The van der Waals surface area contributed by atoms with Crippen molar-refractivity contribution in [3.63, 3.8) is 0 Å². The summed E-state index contributed by atoms with van der Waals surface area (Å²) < 4.78 is 1.41. The number of nitrogens with two attached hydrogens (primary N) is 1. The van der Waals surface area contributed by atoms with Gasteiger partial charge in [-0.25, -0.2) is 14.8 Å². The van der Waals surface area contributed by atoms with Gasteiger partial charge in [0.1, 0.15) is 10.9 Å². The molecule has 2 aliphatic heterocycles. The standard InChI is InChI=1S/C32H31ClN8O5S/c33-24-18(37-28(42)23-29(43)38-21-8-1-2-12-41(21)30(23)44)6-3-7-20(24)47-22-16-36-27(25(39-22)31(45)46)40-13-9-32(10-14-40)15-19-17(26(32)34)5-4-11-35-19/h3-7,11,16,26,43H,1-2,8-10,12-15,34H2,(H,37,42)(H,45,46)/t26-/m1/s1. The third kappa shape index (κ3) is 5.59. The SMILES string of the molecule is N[C@@H]1c2cccnc2CC12CCN(c1ncc(Sc3cccc(NC(=O)c4c(O)nc5n(c4=O)CCCC5)c3Cl)nc1C(=O)O)CC2. The Morgan fingerprint density at radius 3 is 2.66 bits per heavy atom. The van der Waals surface area contributed by atoms with Crippen molar-refractivity contribution in [1.29, 1.82) is 0 Å². The number of carboxylic acid groups (broad SMARTS) is 1. The lowest BCUT2D eigenvalue weighted by Gasteiger charge is -2.42. The van der Waals surface area contributed by atoms with Crippen molar-refractivity contribution in [3.05, 3.63) is 86.4 Å². The van der Waals surface area contributed by atoms with Crippen molar-refractivity contribution in [2.75, 3.05) is 23.3 Å². The van der Waals surface area contributed by atoms with Crippen LogP contribution in [-0.2, 0) is 19.4 Å².